The van der Waals surface area contributed by atoms with Crippen LogP contribution in [-0.2, 0) is 4.74 Å². The van der Waals surface area contributed by atoms with Crippen LogP contribution < -0.4 is 5.32 Å². The molecule has 0 saturated heterocycles. The normalized spacial score (nSPS) is 29.8. The fraction of sp³-hybridized carbons (Fsp3) is 0.875. The van der Waals surface area contributed by atoms with Gasteiger partial charge in [-0.25, -0.2) is 4.79 Å². The summed E-state index contributed by atoms with van der Waals surface area (Å²) in [4.78, 5) is 10.3. The topological polar surface area (TPSA) is 58.6 Å². The second-order valence-corrected chi connectivity index (χ2v) is 3.16. The van der Waals surface area contributed by atoms with Crippen molar-refractivity contribution in [2.24, 2.45) is 0 Å². The molecule has 12 heavy (non-hydrogen) atoms. The van der Waals surface area contributed by atoms with E-state index in [9.17, 15) is 4.79 Å². The molecule has 1 amide bonds. The number of methoxy groups -OCH3 is 1. The summed E-state index contributed by atoms with van der Waals surface area (Å²) in [6, 6.07) is 0.133. The maximum Gasteiger partial charge on any atom is 0.404 e. The minimum atomic E-state index is -0.920. The summed E-state index contributed by atoms with van der Waals surface area (Å²) in [5.74, 6) is 0. The van der Waals surface area contributed by atoms with Crippen molar-refractivity contribution in [1.29, 1.82) is 0 Å². The van der Waals surface area contributed by atoms with Crippen LogP contribution in [0.15, 0.2) is 0 Å². The summed E-state index contributed by atoms with van der Waals surface area (Å²) in [6.07, 6.45) is 3.12. The first-order valence-electron chi connectivity index (χ1n) is 4.24. The predicted molar refractivity (Wildman–Crippen MR) is 44.2 cm³/mol. The van der Waals surface area contributed by atoms with Gasteiger partial charge in [0.05, 0.1) is 6.10 Å². The Labute approximate surface area is 71.9 Å². The van der Waals surface area contributed by atoms with Gasteiger partial charge in [-0.15, -0.1) is 0 Å². The van der Waals surface area contributed by atoms with Crippen molar-refractivity contribution in [1.82, 2.24) is 5.32 Å². The molecule has 70 valence electrons. The van der Waals surface area contributed by atoms with Crippen LogP contribution in [0.1, 0.15) is 25.7 Å². The average Bonchev–Trinajstić information content (AvgIpc) is 2.05. The van der Waals surface area contributed by atoms with Crippen LogP contribution >= 0.6 is 0 Å². The van der Waals surface area contributed by atoms with E-state index in [0.717, 1.165) is 25.7 Å². The Morgan fingerprint density at radius 2 is 2.00 bits per heavy atom. The first kappa shape index (κ1) is 9.32. The Bertz CT molecular complexity index is 152. The first-order chi connectivity index (χ1) is 5.72. The third-order valence-electron chi connectivity index (χ3n) is 2.34. The van der Waals surface area contributed by atoms with Gasteiger partial charge in [-0.05, 0) is 25.7 Å². The average molecular weight is 173 g/mol. The molecule has 1 rings (SSSR count). The third kappa shape index (κ3) is 2.70. The van der Waals surface area contributed by atoms with E-state index in [1.807, 2.05) is 0 Å². The largest absolute Gasteiger partial charge is 0.465 e. The molecule has 0 aromatic carbocycles. The molecule has 2 N–H and O–H groups in total. The number of ether oxygens (including phenoxy) is 1. The van der Waals surface area contributed by atoms with Crippen LogP contribution in [0.3, 0.4) is 0 Å². The van der Waals surface area contributed by atoms with E-state index >= 15 is 0 Å². The molecular weight excluding hydrogens is 158 g/mol. The van der Waals surface area contributed by atoms with Gasteiger partial charge < -0.3 is 15.2 Å². The Hall–Kier alpha value is -0.770. The molecule has 0 radical (unpaired) electrons. The number of hydrogen-bond acceptors (Lipinski definition) is 2. The lowest BCUT2D eigenvalue weighted by molar-refractivity contribution is 0.0623. The van der Waals surface area contributed by atoms with Crippen molar-refractivity contribution in [3.8, 4) is 0 Å². The molecule has 0 unspecified atom stereocenters. The maximum atomic E-state index is 10.3. The Balaban J connectivity index is 2.21. The van der Waals surface area contributed by atoms with Crippen LogP contribution in [0.4, 0.5) is 4.79 Å². The molecule has 1 aliphatic carbocycles. The first-order valence-corrected chi connectivity index (χ1v) is 4.24. The highest BCUT2D eigenvalue weighted by Gasteiger charge is 2.21. The van der Waals surface area contributed by atoms with E-state index in [0.29, 0.717) is 6.10 Å². The number of nitrogens with one attached hydrogen (secondary N) is 1. The molecule has 0 aromatic heterocycles. The van der Waals surface area contributed by atoms with Crippen LogP contribution in [0.25, 0.3) is 0 Å². The van der Waals surface area contributed by atoms with E-state index in [2.05, 4.69) is 5.32 Å². The zero-order chi connectivity index (χ0) is 8.97. The van der Waals surface area contributed by atoms with E-state index in [4.69, 9.17) is 9.84 Å². The summed E-state index contributed by atoms with van der Waals surface area (Å²) in [5.41, 5.74) is 0. The van der Waals surface area contributed by atoms with Crippen LogP contribution in [-0.4, -0.2) is 30.5 Å². The second-order valence-electron chi connectivity index (χ2n) is 3.16. The van der Waals surface area contributed by atoms with Crippen molar-refractivity contribution in [3.05, 3.63) is 0 Å². The van der Waals surface area contributed by atoms with Crippen LogP contribution in [0, 0.1) is 0 Å². The number of carbonyl (C=O) groups is 1. The Morgan fingerprint density at radius 3 is 2.42 bits per heavy atom. The number of hydrogen-bond donors (Lipinski definition) is 2. The van der Waals surface area contributed by atoms with E-state index in [1.54, 1.807) is 7.11 Å². The highest BCUT2D eigenvalue weighted by Crippen LogP contribution is 2.20. The second kappa shape index (κ2) is 4.30. The van der Waals surface area contributed by atoms with Gasteiger partial charge in [-0.1, -0.05) is 0 Å². The van der Waals surface area contributed by atoms with Gasteiger partial charge in [0, 0.05) is 13.2 Å². The van der Waals surface area contributed by atoms with E-state index in [-0.39, 0.29) is 6.04 Å². The quantitative estimate of drug-likeness (QED) is 0.660. The number of rotatable bonds is 2. The minimum Gasteiger partial charge on any atom is -0.465 e. The highest BCUT2D eigenvalue weighted by atomic mass is 16.5. The third-order valence-corrected chi connectivity index (χ3v) is 2.34. The standard InChI is InChI=1S/C8H15NO3/c1-12-7-4-2-6(3-5-7)9-8(10)11/h6-7,9H,2-5H2,1H3,(H,10,11). The molecule has 1 aliphatic rings. The van der Waals surface area contributed by atoms with E-state index < -0.39 is 6.09 Å². The van der Waals surface area contributed by atoms with Crippen LogP contribution in [0.5, 0.6) is 0 Å². The highest BCUT2D eigenvalue weighted by molar-refractivity contribution is 5.64. The zero-order valence-electron chi connectivity index (χ0n) is 7.25. The van der Waals surface area contributed by atoms with Gasteiger partial charge in [0.1, 0.15) is 0 Å². The molecular formula is C8H15NO3. The van der Waals surface area contributed by atoms with Crippen molar-refractivity contribution < 1.29 is 14.6 Å². The smallest absolute Gasteiger partial charge is 0.404 e. The fourth-order valence-corrected chi connectivity index (χ4v) is 1.62. The molecule has 1 saturated carbocycles. The minimum absolute atomic E-state index is 0.133. The number of carboxylic acid groups (broad SMARTS) is 1. The molecule has 0 spiro atoms. The van der Waals surface area contributed by atoms with Gasteiger partial charge in [0.2, 0.25) is 0 Å². The molecule has 0 atom stereocenters. The summed E-state index contributed by atoms with van der Waals surface area (Å²) < 4.78 is 5.17. The lowest BCUT2D eigenvalue weighted by Crippen LogP contribution is -2.38. The molecule has 0 bridgehead atoms. The Morgan fingerprint density at radius 1 is 1.42 bits per heavy atom. The van der Waals surface area contributed by atoms with Gasteiger partial charge in [-0.2, -0.15) is 0 Å². The van der Waals surface area contributed by atoms with Crippen molar-refractivity contribution in [2.45, 2.75) is 37.8 Å². The zero-order valence-corrected chi connectivity index (χ0v) is 7.25. The van der Waals surface area contributed by atoms with Gasteiger partial charge in [-0.3, -0.25) is 0 Å². The molecule has 0 heterocycles. The van der Waals surface area contributed by atoms with Crippen LogP contribution in [0.2, 0.25) is 0 Å². The van der Waals surface area contributed by atoms with Gasteiger partial charge >= 0.3 is 6.09 Å². The van der Waals surface area contributed by atoms with Crippen molar-refractivity contribution >= 4 is 6.09 Å². The van der Waals surface area contributed by atoms with Crippen molar-refractivity contribution in [3.63, 3.8) is 0 Å². The SMILES string of the molecule is COC1CCC(NC(=O)O)CC1. The Kier molecular flexibility index (Phi) is 3.34. The molecule has 0 aromatic rings. The summed E-state index contributed by atoms with van der Waals surface area (Å²) in [5, 5.41) is 10.9. The number of amides is 1. The molecule has 4 heteroatoms. The molecule has 1 fully saturated rings. The monoisotopic (exact) mass is 173 g/mol. The summed E-state index contributed by atoms with van der Waals surface area (Å²) in [6.45, 7) is 0. The van der Waals surface area contributed by atoms with Gasteiger partial charge in [0.15, 0.2) is 0 Å². The predicted octanol–water partition coefficient (Wildman–Crippen LogP) is 1.21. The summed E-state index contributed by atoms with van der Waals surface area (Å²) >= 11 is 0. The summed E-state index contributed by atoms with van der Waals surface area (Å²) in [7, 11) is 1.70. The van der Waals surface area contributed by atoms with Crippen molar-refractivity contribution in [2.75, 3.05) is 7.11 Å². The molecule has 4 nitrogen and oxygen atoms in total. The lowest BCUT2D eigenvalue weighted by atomic mass is 9.93. The fourth-order valence-electron chi connectivity index (χ4n) is 1.62. The maximum absolute atomic E-state index is 10.3. The molecule has 0 aliphatic heterocycles. The van der Waals surface area contributed by atoms with Gasteiger partial charge in [0.25, 0.3) is 0 Å². The lowest BCUT2D eigenvalue weighted by Gasteiger charge is -2.27. The van der Waals surface area contributed by atoms with E-state index in [1.165, 1.54) is 0 Å².